The van der Waals surface area contributed by atoms with Crippen LogP contribution < -0.4 is 19.1 Å². The Morgan fingerprint density at radius 1 is 1.11 bits per heavy atom. The molecule has 0 aliphatic heterocycles. The molecule has 0 radical (unpaired) electrons. The summed E-state index contributed by atoms with van der Waals surface area (Å²) in [4.78, 5) is 12.7. The lowest BCUT2D eigenvalue weighted by Crippen LogP contribution is -2.38. The van der Waals surface area contributed by atoms with Gasteiger partial charge in [-0.2, -0.15) is 0 Å². The highest BCUT2D eigenvalue weighted by Gasteiger charge is 2.24. The molecule has 2 rings (SSSR count). The number of para-hydroxylation sites is 1. The van der Waals surface area contributed by atoms with Crippen molar-refractivity contribution in [2.45, 2.75) is 19.8 Å². The molecule has 8 heteroatoms. The molecule has 0 atom stereocenters. The van der Waals surface area contributed by atoms with Crippen LogP contribution in [0.1, 0.15) is 25.3 Å². The van der Waals surface area contributed by atoms with Crippen LogP contribution >= 0.6 is 0 Å². The zero-order valence-corrected chi connectivity index (χ0v) is 17.5. The largest absolute Gasteiger partial charge is 0.497 e. The molecule has 0 aliphatic rings. The Balaban J connectivity index is 2.34. The van der Waals surface area contributed by atoms with Crippen molar-refractivity contribution in [2.24, 2.45) is 0 Å². The number of amides is 1. The summed E-state index contributed by atoms with van der Waals surface area (Å²) in [5.74, 6) is 0.599. The van der Waals surface area contributed by atoms with E-state index in [1.807, 2.05) is 26.0 Å². The van der Waals surface area contributed by atoms with Gasteiger partial charge in [0.2, 0.25) is 15.9 Å². The van der Waals surface area contributed by atoms with Crippen LogP contribution in [-0.4, -0.2) is 41.3 Å². The quantitative estimate of drug-likeness (QED) is 0.727. The smallest absolute Gasteiger partial charge is 0.245 e. The van der Waals surface area contributed by atoms with Crippen molar-refractivity contribution in [2.75, 3.05) is 36.6 Å². The number of benzene rings is 2. The Morgan fingerprint density at radius 2 is 1.79 bits per heavy atom. The van der Waals surface area contributed by atoms with Crippen molar-refractivity contribution < 1.29 is 22.7 Å². The minimum Gasteiger partial charge on any atom is -0.497 e. The van der Waals surface area contributed by atoms with Crippen molar-refractivity contribution in [3.8, 4) is 11.5 Å². The van der Waals surface area contributed by atoms with Gasteiger partial charge in [0.05, 0.1) is 31.9 Å². The van der Waals surface area contributed by atoms with Crippen molar-refractivity contribution >= 4 is 27.3 Å². The van der Waals surface area contributed by atoms with E-state index in [1.54, 1.807) is 30.3 Å². The van der Waals surface area contributed by atoms with Crippen molar-refractivity contribution in [1.82, 2.24) is 0 Å². The number of nitrogens with one attached hydrogen (secondary N) is 1. The van der Waals surface area contributed by atoms with E-state index in [-0.39, 0.29) is 12.5 Å². The fraction of sp³-hybridized carbons (Fsp3) is 0.350. The molecular formula is C20H26N2O5S. The molecule has 2 aromatic rings. The highest BCUT2D eigenvalue weighted by atomic mass is 32.2. The molecule has 7 nitrogen and oxygen atoms in total. The Morgan fingerprint density at radius 3 is 2.36 bits per heavy atom. The molecule has 152 valence electrons. The normalized spacial score (nSPS) is 11.2. The lowest BCUT2D eigenvalue weighted by molar-refractivity contribution is -0.114. The highest BCUT2D eigenvalue weighted by molar-refractivity contribution is 7.92. The lowest BCUT2D eigenvalue weighted by atomic mass is 10.0. The standard InChI is InChI=1S/C20H26N2O5S/c1-14(2)16-8-6-7-9-18(16)22(28(5,24)25)13-20(23)21-17-12-15(26-3)10-11-19(17)27-4/h6-12,14H,13H2,1-5H3,(H,21,23). The van der Waals surface area contributed by atoms with E-state index in [1.165, 1.54) is 14.2 Å². The summed E-state index contributed by atoms with van der Waals surface area (Å²) in [6.45, 7) is 3.59. The van der Waals surface area contributed by atoms with Gasteiger partial charge in [-0.25, -0.2) is 8.42 Å². The number of sulfonamides is 1. The molecule has 1 amide bonds. The number of rotatable bonds is 8. The summed E-state index contributed by atoms with van der Waals surface area (Å²) in [6, 6.07) is 12.1. The Labute approximate surface area is 166 Å². The van der Waals surface area contributed by atoms with E-state index >= 15 is 0 Å². The van der Waals surface area contributed by atoms with Gasteiger partial charge in [-0.1, -0.05) is 32.0 Å². The van der Waals surface area contributed by atoms with E-state index in [4.69, 9.17) is 9.47 Å². The Kier molecular flexibility index (Phi) is 6.90. The van der Waals surface area contributed by atoms with Crippen LogP contribution in [0.25, 0.3) is 0 Å². The predicted molar refractivity (Wildman–Crippen MR) is 111 cm³/mol. The zero-order chi connectivity index (χ0) is 20.9. The molecular weight excluding hydrogens is 380 g/mol. The monoisotopic (exact) mass is 406 g/mol. The number of hydrogen-bond donors (Lipinski definition) is 1. The van der Waals surface area contributed by atoms with Gasteiger partial charge < -0.3 is 14.8 Å². The van der Waals surface area contributed by atoms with Crippen LogP contribution in [0.4, 0.5) is 11.4 Å². The number of nitrogens with zero attached hydrogens (tertiary/aromatic N) is 1. The molecule has 0 spiro atoms. The maximum atomic E-state index is 12.7. The number of anilines is 2. The number of carbonyl (C=O) groups excluding carboxylic acids is 1. The van der Waals surface area contributed by atoms with Crippen molar-refractivity contribution in [1.29, 1.82) is 0 Å². The van der Waals surface area contributed by atoms with Gasteiger partial charge in [-0.05, 0) is 29.7 Å². The maximum absolute atomic E-state index is 12.7. The van der Waals surface area contributed by atoms with Crippen LogP contribution in [0.3, 0.4) is 0 Å². The predicted octanol–water partition coefficient (Wildman–Crippen LogP) is 3.23. The first-order valence-electron chi connectivity index (χ1n) is 8.76. The van der Waals surface area contributed by atoms with Gasteiger partial charge in [0.15, 0.2) is 0 Å². The first kappa shape index (κ1) is 21.6. The average molecular weight is 407 g/mol. The summed E-state index contributed by atoms with van der Waals surface area (Å²) in [5.41, 5.74) is 1.74. The Hall–Kier alpha value is -2.74. The van der Waals surface area contributed by atoms with Gasteiger partial charge in [-0.15, -0.1) is 0 Å². The highest BCUT2D eigenvalue weighted by Crippen LogP contribution is 2.31. The van der Waals surface area contributed by atoms with E-state index in [2.05, 4.69) is 5.32 Å². The second kappa shape index (κ2) is 8.97. The summed E-state index contributed by atoms with van der Waals surface area (Å²) in [6.07, 6.45) is 1.09. The van der Waals surface area contributed by atoms with Gasteiger partial charge in [0.1, 0.15) is 18.0 Å². The summed E-state index contributed by atoms with van der Waals surface area (Å²) in [7, 11) is -0.672. The van der Waals surface area contributed by atoms with Crippen molar-refractivity contribution in [3.05, 3.63) is 48.0 Å². The fourth-order valence-corrected chi connectivity index (χ4v) is 3.69. The Bertz CT molecular complexity index is 941. The SMILES string of the molecule is COc1ccc(OC)c(NC(=O)CN(c2ccccc2C(C)C)S(C)(=O)=O)c1. The van der Waals surface area contributed by atoms with Gasteiger partial charge in [-0.3, -0.25) is 9.10 Å². The van der Waals surface area contributed by atoms with E-state index in [0.29, 0.717) is 22.9 Å². The second-order valence-electron chi connectivity index (χ2n) is 6.60. The third kappa shape index (κ3) is 5.16. The first-order valence-corrected chi connectivity index (χ1v) is 10.6. The van der Waals surface area contributed by atoms with Crippen LogP contribution in [0.15, 0.2) is 42.5 Å². The van der Waals surface area contributed by atoms with Gasteiger partial charge in [0.25, 0.3) is 0 Å². The topological polar surface area (TPSA) is 84.9 Å². The molecule has 0 fully saturated rings. The molecule has 28 heavy (non-hydrogen) atoms. The van der Waals surface area contributed by atoms with Crippen LogP contribution in [0.2, 0.25) is 0 Å². The summed E-state index contributed by atoms with van der Waals surface area (Å²) >= 11 is 0. The molecule has 0 aromatic heterocycles. The molecule has 0 unspecified atom stereocenters. The lowest BCUT2D eigenvalue weighted by Gasteiger charge is -2.25. The summed E-state index contributed by atoms with van der Waals surface area (Å²) in [5, 5.41) is 2.71. The molecule has 0 bridgehead atoms. The minimum atomic E-state index is -3.67. The molecule has 1 N–H and O–H groups in total. The van der Waals surface area contributed by atoms with Crippen LogP contribution in [0.5, 0.6) is 11.5 Å². The van der Waals surface area contributed by atoms with E-state index in [9.17, 15) is 13.2 Å². The molecule has 0 aliphatic carbocycles. The van der Waals surface area contributed by atoms with Crippen LogP contribution in [0, 0.1) is 0 Å². The third-order valence-electron chi connectivity index (χ3n) is 4.20. The maximum Gasteiger partial charge on any atom is 0.245 e. The first-order chi connectivity index (χ1) is 13.2. The number of methoxy groups -OCH3 is 2. The van der Waals surface area contributed by atoms with Crippen LogP contribution in [-0.2, 0) is 14.8 Å². The third-order valence-corrected chi connectivity index (χ3v) is 5.32. The number of hydrogen-bond acceptors (Lipinski definition) is 5. The second-order valence-corrected chi connectivity index (χ2v) is 8.50. The summed E-state index contributed by atoms with van der Waals surface area (Å²) < 4.78 is 36.4. The molecule has 2 aromatic carbocycles. The average Bonchev–Trinajstić information content (AvgIpc) is 2.65. The van der Waals surface area contributed by atoms with Crippen molar-refractivity contribution in [3.63, 3.8) is 0 Å². The molecule has 0 saturated carbocycles. The zero-order valence-electron chi connectivity index (χ0n) is 16.7. The van der Waals surface area contributed by atoms with Gasteiger partial charge in [0, 0.05) is 6.07 Å². The number of carbonyl (C=O) groups is 1. The number of ether oxygens (including phenoxy) is 2. The minimum absolute atomic E-state index is 0.0991. The molecule has 0 heterocycles. The van der Waals surface area contributed by atoms with E-state index in [0.717, 1.165) is 16.1 Å². The van der Waals surface area contributed by atoms with E-state index < -0.39 is 15.9 Å². The molecule has 0 saturated heterocycles. The van der Waals surface area contributed by atoms with Gasteiger partial charge >= 0.3 is 0 Å². The fourth-order valence-electron chi connectivity index (χ4n) is 2.82.